The summed E-state index contributed by atoms with van der Waals surface area (Å²) in [6.45, 7) is 0.822. The summed E-state index contributed by atoms with van der Waals surface area (Å²) >= 11 is 0. The zero-order valence-electron chi connectivity index (χ0n) is 6.87. The Hall–Kier alpha value is -0.870. The van der Waals surface area contributed by atoms with Gasteiger partial charge in [-0.2, -0.15) is 5.10 Å². The third-order valence-electron chi connectivity index (χ3n) is 1.42. The molecule has 0 bridgehead atoms. The van der Waals surface area contributed by atoms with E-state index in [1.807, 2.05) is 19.4 Å². The van der Waals surface area contributed by atoms with Gasteiger partial charge in [0.05, 0.1) is 13.3 Å². The van der Waals surface area contributed by atoms with Crippen molar-refractivity contribution in [3.8, 4) is 0 Å². The number of hydrogen-bond donors (Lipinski definition) is 1. The molecule has 1 aromatic rings. The van der Waals surface area contributed by atoms with Crippen molar-refractivity contribution in [3.63, 3.8) is 0 Å². The molecule has 0 unspecified atom stereocenters. The molecule has 0 saturated carbocycles. The van der Waals surface area contributed by atoms with Gasteiger partial charge in [0.15, 0.2) is 0 Å². The molecule has 0 aromatic carbocycles. The fourth-order valence-corrected chi connectivity index (χ4v) is 0.898. The SMILES string of the molecule is CONCCc1cnn(C)c1. The Morgan fingerprint density at radius 2 is 2.55 bits per heavy atom. The van der Waals surface area contributed by atoms with Crippen LogP contribution < -0.4 is 5.48 Å². The average molecular weight is 155 g/mol. The quantitative estimate of drug-likeness (QED) is 0.495. The standard InChI is InChI=1S/C7H13N3O/c1-10-6-7(5-8-10)3-4-9-11-2/h5-6,9H,3-4H2,1-2H3. The lowest BCUT2D eigenvalue weighted by Gasteiger charge is -1.97. The molecule has 0 aliphatic carbocycles. The molecule has 11 heavy (non-hydrogen) atoms. The third kappa shape index (κ3) is 2.69. The minimum atomic E-state index is 0.822. The van der Waals surface area contributed by atoms with Crippen molar-refractivity contribution in [2.75, 3.05) is 13.7 Å². The zero-order valence-corrected chi connectivity index (χ0v) is 6.87. The summed E-state index contributed by atoms with van der Waals surface area (Å²) in [5.41, 5.74) is 3.99. The Morgan fingerprint density at radius 3 is 3.09 bits per heavy atom. The van der Waals surface area contributed by atoms with E-state index in [4.69, 9.17) is 4.84 Å². The molecule has 1 rings (SSSR count). The maximum absolute atomic E-state index is 4.69. The van der Waals surface area contributed by atoms with Crippen LogP contribution >= 0.6 is 0 Å². The lowest BCUT2D eigenvalue weighted by atomic mass is 10.3. The molecule has 0 radical (unpaired) electrons. The second-order valence-corrected chi connectivity index (χ2v) is 2.37. The van der Waals surface area contributed by atoms with Crippen LogP contribution in [0.4, 0.5) is 0 Å². The molecule has 4 heteroatoms. The molecule has 0 aliphatic rings. The highest BCUT2D eigenvalue weighted by Gasteiger charge is 1.93. The Kier molecular flexibility index (Phi) is 3.07. The van der Waals surface area contributed by atoms with Crippen LogP contribution in [0.1, 0.15) is 5.56 Å². The second-order valence-electron chi connectivity index (χ2n) is 2.37. The van der Waals surface area contributed by atoms with Gasteiger partial charge >= 0.3 is 0 Å². The van der Waals surface area contributed by atoms with E-state index in [0.717, 1.165) is 13.0 Å². The summed E-state index contributed by atoms with van der Waals surface area (Å²) in [6, 6.07) is 0. The van der Waals surface area contributed by atoms with Gasteiger partial charge in [0.2, 0.25) is 0 Å². The summed E-state index contributed by atoms with van der Waals surface area (Å²) in [5.74, 6) is 0. The Labute approximate surface area is 66.1 Å². The maximum Gasteiger partial charge on any atom is 0.0572 e. The van der Waals surface area contributed by atoms with Gasteiger partial charge in [0.1, 0.15) is 0 Å². The number of nitrogens with zero attached hydrogens (tertiary/aromatic N) is 2. The molecular formula is C7H13N3O. The molecule has 1 heterocycles. The Bertz CT molecular complexity index is 209. The first-order chi connectivity index (χ1) is 5.33. The number of hydrogen-bond acceptors (Lipinski definition) is 3. The Morgan fingerprint density at radius 1 is 1.73 bits per heavy atom. The predicted octanol–water partition coefficient (Wildman–Crippen LogP) is 0.114. The van der Waals surface area contributed by atoms with Crippen molar-refractivity contribution in [3.05, 3.63) is 18.0 Å². The van der Waals surface area contributed by atoms with Gasteiger partial charge in [-0.25, -0.2) is 5.48 Å². The number of aryl methyl sites for hydroxylation is 1. The van der Waals surface area contributed by atoms with Gasteiger partial charge in [-0.3, -0.25) is 4.68 Å². The summed E-state index contributed by atoms with van der Waals surface area (Å²) in [5, 5.41) is 4.04. The third-order valence-corrected chi connectivity index (χ3v) is 1.42. The first-order valence-corrected chi connectivity index (χ1v) is 3.56. The van der Waals surface area contributed by atoms with Gasteiger partial charge in [0.25, 0.3) is 0 Å². The predicted molar refractivity (Wildman–Crippen MR) is 41.9 cm³/mol. The summed E-state index contributed by atoms with van der Waals surface area (Å²) in [7, 11) is 3.52. The van der Waals surface area contributed by atoms with Crippen LogP contribution in [-0.4, -0.2) is 23.4 Å². The van der Waals surface area contributed by atoms with Crippen LogP contribution in [0, 0.1) is 0 Å². The Balaban J connectivity index is 2.27. The lowest BCUT2D eigenvalue weighted by molar-refractivity contribution is 0.0928. The van der Waals surface area contributed by atoms with E-state index in [2.05, 4.69) is 10.6 Å². The maximum atomic E-state index is 4.69. The van der Waals surface area contributed by atoms with Crippen LogP contribution in [0.25, 0.3) is 0 Å². The van der Waals surface area contributed by atoms with E-state index in [-0.39, 0.29) is 0 Å². The van der Waals surface area contributed by atoms with Crippen LogP contribution in [0.5, 0.6) is 0 Å². The minimum absolute atomic E-state index is 0.822. The monoisotopic (exact) mass is 155 g/mol. The van der Waals surface area contributed by atoms with Crippen molar-refractivity contribution in [2.24, 2.45) is 7.05 Å². The topological polar surface area (TPSA) is 39.1 Å². The molecular weight excluding hydrogens is 142 g/mol. The lowest BCUT2D eigenvalue weighted by Crippen LogP contribution is -2.14. The van der Waals surface area contributed by atoms with Crippen molar-refractivity contribution in [2.45, 2.75) is 6.42 Å². The summed E-state index contributed by atoms with van der Waals surface area (Å²) in [6.07, 6.45) is 4.80. The van der Waals surface area contributed by atoms with Crippen LogP contribution in [0.2, 0.25) is 0 Å². The van der Waals surface area contributed by atoms with E-state index in [9.17, 15) is 0 Å². The molecule has 0 spiro atoms. The fourth-order valence-electron chi connectivity index (χ4n) is 0.898. The highest BCUT2D eigenvalue weighted by atomic mass is 16.6. The molecule has 0 atom stereocenters. The van der Waals surface area contributed by atoms with E-state index >= 15 is 0 Å². The van der Waals surface area contributed by atoms with E-state index in [1.54, 1.807) is 11.8 Å². The molecule has 1 N–H and O–H groups in total. The molecule has 1 aromatic heterocycles. The van der Waals surface area contributed by atoms with Crippen LogP contribution in [0.3, 0.4) is 0 Å². The van der Waals surface area contributed by atoms with E-state index < -0.39 is 0 Å². The molecule has 0 amide bonds. The molecule has 0 aliphatic heterocycles. The summed E-state index contributed by atoms with van der Waals surface area (Å²) in [4.78, 5) is 4.69. The van der Waals surface area contributed by atoms with Crippen LogP contribution in [0.15, 0.2) is 12.4 Å². The number of nitrogens with one attached hydrogen (secondary N) is 1. The van der Waals surface area contributed by atoms with Gasteiger partial charge in [-0.15, -0.1) is 0 Å². The number of rotatable bonds is 4. The van der Waals surface area contributed by atoms with Crippen LogP contribution in [-0.2, 0) is 18.3 Å². The smallest absolute Gasteiger partial charge is 0.0572 e. The number of hydroxylamine groups is 1. The normalized spacial score (nSPS) is 10.4. The van der Waals surface area contributed by atoms with Gasteiger partial charge in [-0.1, -0.05) is 0 Å². The first-order valence-electron chi connectivity index (χ1n) is 3.56. The van der Waals surface area contributed by atoms with Crippen molar-refractivity contribution < 1.29 is 4.84 Å². The molecule has 62 valence electrons. The molecule has 0 fully saturated rings. The van der Waals surface area contributed by atoms with E-state index in [1.165, 1.54) is 5.56 Å². The largest absolute Gasteiger partial charge is 0.305 e. The first kappa shape index (κ1) is 8.23. The number of aromatic nitrogens is 2. The van der Waals surface area contributed by atoms with Crippen molar-refractivity contribution in [1.82, 2.24) is 15.3 Å². The average Bonchev–Trinajstić information content (AvgIpc) is 2.37. The molecule has 4 nitrogen and oxygen atoms in total. The zero-order chi connectivity index (χ0) is 8.10. The van der Waals surface area contributed by atoms with Gasteiger partial charge in [0, 0.05) is 19.8 Å². The van der Waals surface area contributed by atoms with Gasteiger partial charge < -0.3 is 4.84 Å². The highest BCUT2D eigenvalue weighted by molar-refractivity contribution is 5.03. The van der Waals surface area contributed by atoms with Crippen molar-refractivity contribution in [1.29, 1.82) is 0 Å². The molecule has 0 saturated heterocycles. The highest BCUT2D eigenvalue weighted by Crippen LogP contribution is 1.95. The van der Waals surface area contributed by atoms with E-state index in [0.29, 0.717) is 0 Å². The summed E-state index contributed by atoms with van der Waals surface area (Å²) < 4.78 is 1.79. The second kappa shape index (κ2) is 4.10. The van der Waals surface area contributed by atoms with Gasteiger partial charge in [-0.05, 0) is 12.0 Å². The minimum Gasteiger partial charge on any atom is -0.305 e. The fraction of sp³-hybridized carbons (Fsp3) is 0.571. The van der Waals surface area contributed by atoms with Crippen molar-refractivity contribution >= 4 is 0 Å².